The Kier molecular flexibility index (Phi) is 14.5. The SMILES string of the molecule is C=C(/C=C\C)CC(NC(=O)C(NC(=O)OC)C(C)(C)C)C(O)CN(Cc1ccc(OC(F)(F)F)cc1)NC(=O)OC1COC(C)C1C. The summed E-state index contributed by atoms with van der Waals surface area (Å²) in [6, 6.07) is 3.00. The molecule has 1 heterocycles. The maximum absolute atomic E-state index is 13.5. The summed E-state index contributed by atoms with van der Waals surface area (Å²) in [4.78, 5) is 38.5. The maximum Gasteiger partial charge on any atom is 0.573 e. The molecule has 0 aliphatic carbocycles. The average molecular weight is 673 g/mol. The summed E-state index contributed by atoms with van der Waals surface area (Å²) in [5.41, 5.74) is 2.90. The van der Waals surface area contributed by atoms with E-state index in [2.05, 4.69) is 32.1 Å². The van der Waals surface area contributed by atoms with Gasteiger partial charge in [0.1, 0.15) is 17.9 Å². The van der Waals surface area contributed by atoms with E-state index >= 15 is 0 Å². The first-order valence-corrected chi connectivity index (χ1v) is 15.1. The average Bonchev–Trinajstić information content (AvgIpc) is 3.26. The van der Waals surface area contributed by atoms with Crippen LogP contribution in [-0.4, -0.2) is 85.2 Å². The van der Waals surface area contributed by atoms with Crippen LogP contribution >= 0.6 is 0 Å². The van der Waals surface area contributed by atoms with Gasteiger partial charge in [0, 0.05) is 19.0 Å². The molecule has 0 saturated carbocycles. The van der Waals surface area contributed by atoms with Crippen LogP contribution in [0.5, 0.6) is 5.75 Å². The number of alkyl halides is 3. The van der Waals surface area contributed by atoms with Gasteiger partial charge < -0.3 is 34.7 Å². The number of hydrogen-bond donors (Lipinski definition) is 4. The fraction of sp³-hybridized carbons (Fsp3) is 0.594. The minimum Gasteiger partial charge on any atom is -0.453 e. The van der Waals surface area contributed by atoms with Crippen LogP contribution in [0.1, 0.15) is 53.5 Å². The van der Waals surface area contributed by atoms with Crippen molar-refractivity contribution < 1.29 is 51.6 Å². The molecule has 6 unspecified atom stereocenters. The zero-order valence-corrected chi connectivity index (χ0v) is 27.8. The van der Waals surface area contributed by atoms with Gasteiger partial charge in [0.15, 0.2) is 0 Å². The number of allylic oxidation sites excluding steroid dienone is 2. The summed E-state index contributed by atoms with van der Waals surface area (Å²) in [5.74, 6) is -1.10. The number of carbonyl (C=O) groups is 3. The monoisotopic (exact) mass is 672 g/mol. The van der Waals surface area contributed by atoms with Crippen molar-refractivity contribution in [1.29, 1.82) is 0 Å². The number of carbonyl (C=O) groups excluding carboxylic acids is 3. The van der Waals surface area contributed by atoms with Crippen LogP contribution in [0.4, 0.5) is 22.8 Å². The molecule has 0 spiro atoms. The summed E-state index contributed by atoms with van der Waals surface area (Å²) in [6.45, 7) is 14.6. The highest BCUT2D eigenvalue weighted by molar-refractivity contribution is 5.86. The smallest absolute Gasteiger partial charge is 0.453 e. The lowest BCUT2D eigenvalue weighted by molar-refractivity contribution is -0.274. The molecule has 3 amide bonds. The van der Waals surface area contributed by atoms with E-state index in [-0.39, 0.29) is 38.1 Å². The number of methoxy groups -OCH3 is 1. The van der Waals surface area contributed by atoms with Crippen molar-refractivity contribution in [3.63, 3.8) is 0 Å². The summed E-state index contributed by atoms with van der Waals surface area (Å²) < 4.78 is 57.7. The van der Waals surface area contributed by atoms with E-state index in [1.807, 2.05) is 13.8 Å². The highest BCUT2D eigenvalue weighted by atomic mass is 19.4. The predicted octanol–water partition coefficient (Wildman–Crippen LogP) is 4.59. The van der Waals surface area contributed by atoms with E-state index in [0.29, 0.717) is 11.1 Å². The van der Waals surface area contributed by atoms with Gasteiger partial charge in [0.25, 0.3) is 0 Å². The van der Waals surface area contributed by atoms with Gasteiger partial charge in [-0.2, -0.15) is 0 Å². The molecule has 2 rings (SSSR count). The fourth-order valence-corrected chi connectivity index (χ4v) is 4.79. The minimum absolute atomic E-state index is 0.0728. The number of amides is 3. The minimum atomic E-state index is -4.86. The predicted molar refractivity (Wildman–Crippen MR) is 167 cm³/mol. The number of aliphatic hydroxyl groups is 1. The Balaban J connectivity index is 2.33. The molecule has 0 radical (unpaired) electrons. The standard InChI is InChI=1S/C32H47F3N4O8/c1-9-10-19(2)15-24(36-28(41)27(31(5,6)7)37-29(42)44-8)25(40)17-39(38-30(43)46-26-18-45-21(4)20(26)3)16-22-11-13-23(14-12-22)47-32(33,34)35/h9-14,20-21,24-27,40H,2,15-18H2,1,3-8H3,(H,36,41)(H,37,42)(H,38,43)/b10-9-. The van der Waals surface area contributed by atoms with Gasteiger partial charge in [-0.1, -0.05) is 64.1 Å². The maximum atomic E-state index is 13.5. The van der Waals surface area contributed by atoms with Crippen LogP contribution in [0.3, 0.4) is 0 Å². The number of benzene rings is 1. The molecule has 1 saturated heterocycles. The lowest BCUT2D eigenvalue weighted by Gasteiger charge is -2.34. The molecular formula is C32H47F3N4O8. The van der Waals surface area contributed by atoms with Gasteiger partial charge in [-0.15, -0.1) is 13.2 Å². The number of hydrazine groups is 1. The van der Waals surface area contributed by atoms with Crippen LogP contribution in [0, 0.1) is 11.3 Å². The van der Waals surface area contributed by atoms with Gasteiger partial charge in [0.2, 0.25) is 5.91 Å². The Bertz CT molecular complexity index is 1240. The first-order chi connectivity index (χ1) is 21.8. The molecule has 1 aliphatic rings. The molecule has 15 heteroatoms. The Morgan fingerprint density at radius 1 is 1.13 bits per heavy atom. The molecule has 6 atom stereocenters. The van der Waals surface area contributed by atoms with Gasteiger partial charge in [-0.25, -0.2) is 14.6 Å². The molecule has 47 heavy (non-hydrogen) atoms. The number of alkyl carbamates (subject to hydrolysis) is 1. The molecule has 12 nitrogen and oxygen atoms in total. The zero-order chi connectivity index (χ0) is 35.5. The van der Waals surface area contributed by atoms with Crippen molar-refractivity contribution in [3.8, 4) is 5.75 Å². The van der Waals surface area contributed by atoms with Crippen LogP contribution < -0.4 is 20.8 Å². The summed E-state index contributed by atoms with van der Waals surface area (Å²) in [7, 11) is 1.17. The van der Waals surface area contributed by atoms with Crippen molar-refractivity contribution in [1.82, 2.24) is 21.1 Å². The first-order valence-electron chi connectivity index (χ1n) is 15.1. The van der Waals surface area contributed by atoms with Gasteiger partial charge in [-0.3, -0.25) is 10.2 Å². The zero-order valence-electron chi connectivity index (χ0n) is 27.8. The van der Waals surface area contributed by atoms with E-state index in [0.717, 1.165) is 12.1 Å². The van der Waals surface area contributed by atoms with E-state index in [1.54, 1.807) is 39.8 Å². The molecule has 4 N–H and O–H groups in total. The second-order valence-electron chi connectivity index (χ2n) is 12.5. The van der Waals surface area contributed by atoms with Gasteiger partial charge >= 0.3 is 18.5 Å². The second-order valence-corrected chi connectivity index (χ2v) is 12.5. The number of hydrogen-bond acceptors (Lipinski definition) is 9. The molecule has 1 aromatic carbocycles. The van der Waals surface area contributed by atoms with Gasteiger partial charge in [0.05, 0.1) is 32.0 Å². The summed E-state index contributed by atoms with van der Waals surface area (Å²) >= 11 is 0. The van der Waals surface area contributed by atoms with Crippen molar-refractivity contribution in [2.24, 2.45) is 11.3 Å². The Morgan fingerprint density at radius 3 is 2.28 bits per heavy atom. The summed E-state index contributed by atoms with van der Waals surface area (Å²) in [5, 5.41) is 18.1. The van der Waals surface area contributed by atoms with E-state index in [4.69, 9.17) is 9.47 Å². The quantitative estimate of drug-likeness (QED) is 0.165. The Morgan fingerprint density at radius 2 is 1.77 bits per heavy atom. The van der Waals surface area contributed by atoms with Crippen LogP contribution in [0.15, 0.2) is 48.6 Å². The van der Waals surface area contributed by atoms with Crippen LogP contribution in [0.2, 0.25) is 0 Å². The number of rotatable bonds is 14. The topological polar surface area (TPSA) is 148 Å². The second kappa shape index (κ2) is 17.4. The molecule has 0 bridgehead atoms. The number of halogens is 3. The molecule has 1 aliphatic heterocycles. The fourth-order valence-electron chi connectivity index (χ4n) is 4.79. The number of nitrogens with one attached hydrogen (secondary N) is 3. The molecule has 0 aromatic heterocycles. The van der Waals surface area contributed by atoms with E-state index < -0.39 is 59.9 Å². The molecular weight excluding hydrogens is 625 g/mol. The lowest BCUT2D eigenvalue weighted by Crippen LogP contribution is -2.58. The molecule has 1 aromatic rings. The highest BCUT2D eigenvalue weighted by Crippen LogP contribution is 2.25. The normalized spacial score (nSPS) is 20.3. The first kappa shape index (κ1) is 39.4. The highest BCUT2D eigenvalue weighted by Gasteiger charge is 2.37. The van der Waals surface area contributed by atoms with E-state index in [1.165, 1.54) is 24.3 Å². The molecule has 1 fully saturated rings. The van der Waals surface area contributed by atoms with E-state index in [9.17, 15) is 32.7 Å². The molecule has 264 valence electrons. The van der Waals surface area contributed by atoms with Crippen LogP contribution in [-0.2, 0) is 25.5 Å². The number of nitrogens with zero attached hydrogens (tertiary/aromatic N) is 1. The summed E-state index contributed by atoms with van der Waals surface area (Å²) in [6.07, 6.45) is -4.93. The van der Waals surface area contributed by atoms with Crippen molar-refractivity contribution in [2.45, 2.75) is 91.3 Å². The third kappa shape index (κ3) is 13.4. The third-order valence-electron chi connectivity index (χ3n) is 7.55. The van der Waals surface area contributed by atoms with Crippen molar-refractivity contribution >= 4 is 18.1 Å². The van der Waals surface area contributed by atoms with Crippen molar-refractivity contribution in [2.75, 3.05) is 20.3 Å². The van der Waals surface area contributed by atoms with Crippen molar-refractivity contribution in [3.05, 3.63) is 54.1 Å². The number of ether oxygens (including phenoxy) is 4. The van der Waals surface area contributed by atoms with Crippen LogP contribution in [0.25, 0.3) is 0 Å². The van der Waals surface area contributed by atoms with Gasteiger partial charge in [-0.05, 0) is 43.4 Å². The number of aliphatic hydroxyl groups excluding tert-OH is 1. The third-order valence-corrected chi connectivity index (χ3v) is 7.55. The Labute approximate surface area is 273 Å². The largest absolute Gasteiger partial charge is 0.573 e. The Hall–Kier alpha value is -3.82. The lowest BCUT2D eigenvalue weighted by atomic mass is 9.85.